The highest BCUT2D eigenvalue weighted by molar-refractivity contribution is 7.99. The number of hydrogen-bond donors (Lipinski definition) is 1. The number of benzene rings is 2. The van der Waals surface area contributed by atoms with Crippen LogP contribution in [-0.2, 0) is 4.79 Å². The third kappa shape index (κ3) is 3.84. The molecule has 28 heavy (non-hydrogen) atoms. The summed E-state index contributed by atoms with van der Waals surface area (Å²) in [6.07, 6.45) is 5.30. The maximum atomic E-state index is 12.5. The first-order valence-corrected chi connectivity index (χ1v) is 9.67. The summed E-state index contributed by atoms with van der Waals surface area (Å²) >= 11 is 1.37. The molecule has 0 unspecified atom stereocenters. The predicted octanol–water partition coefficient (Wildman–Crippen LogP) is 4.16. The molecule has 0 atom stereocenters. The number of anilines is 1. The van der Waals surface area contributed by atoms with Crippen molar-refractivity contribution in [2.24, 2.45) is 0 Å². The van der Waals surface area contributed by atoms with E-state index in [1.54, 1.807) is 19.5 Å². The summed E-state index contributed by atoms with van der Waals surface area (Å²) in [7, 11) is 1.63. The number of hydrogen-bond acceptors (Lipinski definition) is 5. The number of nitrogens with one attached hydrogen (secondary N) is 1. The van der Waals surface area contributed by atoms with E-state index in [0.29, 0.717) is 5.69 Å². The van der Waals surface area contributed by atoms with Crippen molar-refractivity contribution < 1.29 is 9.53 Å². The molecule has 0 spiro atoms. The van der Waals surface area contributed by atoms with Gasteiger partial charge in [-0.15, -0.1) is 0 Å². The van der Waals surface area contributed by atoms with Gasteiger partial charge in [-0.05, 0) is 24.3 Å². The van der Waals surface area contributed by atoms with Gasteiger partial charge in [-0.1, -0.05) is 36.0 Å². The van der Waals surface area contributed by atoms with Crippen LogP contribution in [0.2, 0.25) is 0 Å². The molecular formula is C21H18N4O2S. The Morgan fingerprint density at radius 1 is 1.11 bits per heavy atom. The lowest BCUT2D eigenvalue weighted by Gasteiger charge is -2.10. The summed E-state index contributed by atoms with van der Waals surface area (Å²) < 4.78 is 7.21. The number of methoxy groups -OCH3 is 1. The van der Waals surface area contributed by atoms with Gasteiger partial charge in [-0.3, -0.25) is 14.3 Å². The number of fused-ring (bicyclic) bond motifs is 1. The fraction of sp³-hybridized carbons (Fsp3) is 0.0952. The summed E-state index contributed by atoms with van der Waals surface area (Å²) in [6, 6.07) is 17.3. The van der Waals surface area contributed by atoms with Crippen LogP contribution in [0.3, 0.4) is 0 Å². The number of nitrogens with zero attached hydrogens (tertiary/aromatic N) is 3. The Bertz CT molecular complexity index is 1120. The van der Waals surface area contributed by atoms with Crippen molar-refractivity contribution in [3.05, 3.63) is 73.2 Å². The minimum absolute atomic E-state index is 0.108. The Morgan fingerprint density at radius 3 is 2.86 bits per heavy atom. The van der Waals surface area contributed by atoms with E-state index in [0.717, 1.165) is 27.5 Å². The summed E-state index contributed by atoms with van der Waals surface area (Å²) in [5.74, 6) is 0.899. The first-order valence-electron chi connectivity index (χ1n) is 8.69. The number of imidazole rings is 1. The van der Waals surface area contributed by atoms with Gasteiger partial charge in [0.05, 0.1) is 29.8 Å². The summed E-state index contributed by atoms with van der Waals surface area (Å²) in [6.45, 7) is 0. The van der Waals surface area contributed by atoms with Gasteiger partial charge in [0.1, 0.15) is 5.75 Å². The van der Waals surface area contributed by atoms with Crippen LogP contribution in [0.4, 0.5) is 5.69 Å². The second-order valence-electron chi connectivity index (χ2n) is 6.00. The van der Waals surface area contributed by atoms with Gasteiger partial charge in [0.25, 0.3) is 0 Å². The Labute approximate surface area is 166 Å². The lowest BCUT2D eigenvalue weighted by molar-refractivity contribution is -0.113. The van der Waals surface area contributed by atoms with Crippen LogP contribution in [0.15, 0.2) is 78.3 Å². The average Bonchev–Trinajstić information content (AvgIpc) is 3.21. The first-order chi connectivity index (χ1) is 13.7. The zero-order valence-corrected chi connectivity index (χ0v) is 16.0. The maximum absolute atomic E-state index is 12.5. The van der Waals surface area contributed by atoms with Gasteiger partial charge in [-0.25, -0.2) is 4.98 Å². The van der Waals surface area contributed by atoms with E-state index in [1.807, 2.05) is 65.4 Å². The topological polar surface area (TPSA) is 69.0 Å². The standard InChI is InChI=1S/C21H18N4O2S/c1-27-17-8-3-7-16(13-17)25-12-11-23-21(25)28-14-19(26)24-18-9-2-5-15-6-4-10-22-20(15)18/h2-13H,14H2,1H3,(H,24,26). The molecule has 6 nitrogen and oxygen atoms in total. The Hall–Kier alpha value is -3.32. The van der Waals surface area contributed by atoms with Crippen molar-refractivity contribution in [1.82, 2.24) is 14.5 Å². The lowest BCUT2D eigenvalue weighted by Crippen LogP contribution is -2.15. The van der Waals surface area contributed by atoms with Crippen molar-refractivity contribution >= 4 is 34.3 Å². The fourth-order valence-electron chi connectivity index (χ4n) is 2.87. The van der Waals surface area contributed by atoms with Crippen molar-refractivity contribution in [3.63, 3.8) is 0 Å². The van der Waals surface area contributed by atoms with Crippen LogP contribution in [0.5, 0.6) is 5.75 Å². The Balaban J connectivity index is 1.46. The van der Waals surface area contributed by atoms with Crippen LogP contribution in [0.25, 0.3) is 16.6 Å². The van der Waals surface area contributed by atoms with Gasteiger partial charge in [0.15, 0.2) is 5.16 Å². The second-order valence-corrected chi connectivity index (χ2v) is 6.94. The van der Waals surface area contributed by atoms with E-state index >= 15 is 0 Å². The van der Waals surface area contributed by atoms with E-state index in [2.05, 4.69) is 15.3 Å². The minimum Gasteiger partial charge on any atom is -0.497 e. The number of thioether (sulfide) groups is 1. The zero-order chi connectivity index (χ0) is 19.3. The molecule has 2 heterocycles. The molecule has 0 saturated carbocycles. The lowest BCUT2D eigenvalue weighted by atomic mass is 10.2. The van der Waals surface area contributed by atoms with Crippen molar-refractivity contribution in [3.8, 4) is 11.4 Å². The molecule has 0 radical (unpaired) electrons. The quantitative estimate of drug-likeness (QED) is 0.501. The van der Waals surface area contributed by atoms with E-state index in [1.165, 1.54) is 11.8 Å². The van der Waals surface area contributed by atoms with Crippen molar-refractivity contribution in [1.29, 1.82) is 0 Å². The molecular weight excluding hydrogens is 372 g/mol. The fourth-order valence-corrected chi connectivity index (χ4v) is 3.65. The molecule has 0 saturated heterocycles. The van der Waals surface area contributed by atoms with Gasteiger partial charge in [0.2, 0.25) is 5.91 Å². The van der Waals surface area contributed by atoms with Gasteiger partial charge in [0, 0.05) is 30.0 Å². The normalized spacial score (nSPS) is 10.8. The molecule has 4 aromatic rings. The largest absolute Gasteiger partial charge is 0.497 e. The summed E-state index contributed by atoms with van der Waals surface area (Å²) in [5.41, 5.74) is 2.42. The van der Waals surface area contributed by atoms with Gasteiger partial charge >= 0.3 is 0 Å². The number of pyridine rings is 1. The van der Waals surface area contributed by atoms with E-state index in [9.17, 15) is 4.79 Å². The summed E-state index contributed by atoms with van der Waals surface area (Å²) in [4.78, 5) is 21.2. The molecule has 0 aliphatic carbocycles. The zero-order valence-electron chi connectivity index (χ0n) is 15.2. The van der Waals surface area contributed by atoms with Crippen LogP contribution in [-0.4, -0.2) is 33.3 Å². The monoisotopic (exact) mass is 390 g/mol. The average molecular weight is 390 g/mol. The van der Waals surface area contributed by atoms with E-state index in [-0.39, 0.29) is 11.7 Å². The van der Waals surface area contributed by atoms with Crippen molar-refractivity contribution in [2.75, 3.05) is 18.2 Å². The number of carbonyl (C=O) groups is 1. The third-order valence-corrected chi connectivity index (χ3v) is 5.14. The van der Waals surface area contributed by atoms with Crippen LogP contribution < -0.4 is 10.1 Å². The summed E-state index contributed by atoms with van der Waals surface area (Å²) in [5, 5.41) is 4.67. The number of para-hydroxylation sites is 1. The minimum atomic E-state index is -0.108. The molecule has 0 bridgehead atoms. The van der Waals surface area contributed by atoms with Crippen LogP contribution in [0.1, 0.15) is 0 Å². The second kappa shape index (κ2) is 8.14. The van der Waals surface area contributed by atoms with Crippen LogP contribution in [0, 0.1) is 0 Å². The molecule has 2 aromatic heterocycles. The number of ether oxygens (including phenoxy) is 1. The molecule has 7 heteroatoms. The predicted molar refractivity (Wildman–Crippen MR) is 111 cm³/mol. The molecule has 0 aliphatic heterocycles. The highest BCUT2D eigenvalue weighted by atomic mass is 32.2. The Kier molecular flexibility index (Phi) is 5.25. The molecule has 1 amide bonds. The molecule has 0 aliphatic rings. The van der Waals surface area contributed by atoms with Crippen molar-refractivity contribution in [2.45, 2.75) is 5.16 Å². The highest BCUT2D eigenvalue weighted by Gasteiger charge is 2.11. The molecule has 0 fully saturated rings. The first kappa shape index (κ1) is 18.1. The number of amides is 1. The molecule has 1 N–H and O–H groups in total. The Morgan fingerprint density at radius 2 is 1.96 bits per heavy atom. The number of rotatable bonds is 6. The molecule has 2 aromatic carbocycles. The van der Waals surface area contributed by atoms with Gasteiger partial charge < -0.3 is 10.1 Å². The number of carbonyl (C=O) groups excluding carboxylic acids is 1. The van der Waals surface area contributed by atoms with E-state index < -0.39 is 0 Å². The maximum Gasteiger partial charge on any atom is 0.234 e. The highest BCUT2D eigenvalue weighted by Crippen LogP contribution is 2.24. The SMILES string of the molecule is COc1cccc(-n2ccnc2SCC(=O)Nc2cccc3cccnc23)c1. The van der Waals surface area contributed by atoms with Crippen LogP contribution >= 0.6 is 11.8 Å². The molecule has 4 rings (SSSR count). The third-order valence-electron chi connectivity index (χ3n) is 4.18. The smallest absolute Gasteiger partial charge is 0.234 e. The number of aromatic nitrogens is 3. The van der Waals surface area contributed by atoms with E-state index in [4.69, 9.17) is 4.74 Å². The van der Waals surface area contributed by atoms with Gasteiger partial charge in [-0.2, -0.15) is 0 Å². The molecule has 140 valence electrons.